The minimum atomic E-state index is -0.144. The fourth-order valence-electron chi connectivity index (χ4n) is 11.2. The van der Waals surface area contributed by atoms with E-state index in [2.05, 4.69) is 110 Å². The van der Waals surface area contributed by atoms with Crippen molar-refractivity contribution in [3.63, 3.8) is 0 Å². The summed E-state index contributed by atoms with van der Waals surface area (Å²) in [7, 11) is 1.73. The van der Waals surface area contributed by atoms with Gasteiger partial charge in [0.05, 0.1) is 73.9 Å². The number of hydrogen-bond acceptors (Lipinski definition) is 18. The molecule has 6 aliphatic rings. The molecule has 8 aromatic rings. The van der Waals surface area contributed by atoms with Crippen LogP contribution in [0.2, 0.25) is 0 Å². The van der Waals surface area contributed by atoms with E-state index in [-0.39, 0.29) is 6.17 Å². The van der Waals surface area contributed by atoms with Crippen LogP contribution in [0.5, 0.6) is 17.5 Å². The molecule has 21 heteroatoms. The monoisotopic (exact) mass is 1030 g/mol. The Labute approximate surface area is 439 Å². The second-order valence-corrected chi connectivity index (χ2v) is 20.2. The van der Waals surface area contributed by atoms with Crippen molar-refractivity contribution in [3.8, 4) is 40.0 Å². The molecule has 21 nitrogen and oxygen atoms in total. The molecule has 11 heterocycles. The van der Waals surface area contributed by atoms with Crippen LogP contribution in [0.3, 0.4) is 0 Å². The second kappa shape index (κ2) is 19.9. The minimum Gasteiger partial charge on any atom is -0.495 e. The van der Waals surface area contributed by atoms with E-state index in [1.165, 1.54) is 5.69 Å². The van der Waals surface area contributed by atoms with E-state index < -0.39 is 0 Å². The van der Waals surface area contributed by atoms with E-state index in [0.29, 0.717) is 68.2 Å². The average Bonchev–Trinajstić information content (AvgIpc) is 3.94. The van der Waals surface area contributed by atoms with E-state index in [1.54, 1.807) is 19.5 Å². The highest BCUT2D eigenvalue weighted by atomic mass is 16.5. The summed E-state index contributed by atoms with van der Waals surface area (Å²) in [5, 5.41) is 14.2. The summed E-state index contributed by atoms with van der Waals surface area (Å²) in [4.78, 5) is 34.3. The molecule has 4 N–H and O–H groups in total. The normalized spacial score (nSPS) is 19.7. The van der Waals surface area contributed by atoms with Gasteiger partial charge in [0.2, 0.25) is 12.0 Å². The molecule has 6 aromatic heterocycles. The highest BCUT2D eigenvalue weighted by Gasteiger charge is 2.40. The highest BCUT2D eigenvalue weighted by molar-refractivity contribution is 5.78. The lowest BCUT2D eigenvalue weighted by Gasteiger charge is -2.44. The molecule has 3 saturated heterocycles. The molecule has 14 rings (SSSR count). The van der Waals surface area contributed by atoms with Crippen molar-refractivity contribution in [2.45, 2.75) is 31.2 Å². The van der Waals surface area contributed by atoms with E-state index in [4.69, 9.17) is 38.6 Å². The fourth-order valence-corrected chi connectivity index (χ4v) is 11.2. The predicted molar refractivity (Wildman–Crippen MR) is 289 cm³/mol. The Morgan fingerprint density at radius 2 is 1.47 bits per heavy atom. The van der Waals surface area contributed by atoms with Gasteiger partial charge in [-0.3, -0.25) is 4.90 Å². The zero-order valence-corrected chi connectivity index (χ0v) is 42.5. The Bertz CT molecular complexity index is 3420. The third-order valence-electron chi connectivity index (χ3n) is 15.3. The van der Waals surface area contributed by atoms with Crippen LogP contribution in [0.1, 0.15) is 19.0 Å². The van der Waals surface area contributed by atoms with Crippen LogP contribution in [0.15, 0.2) is 104 Å². The number of benzene rings is 2. The molecule has 1 aliphatic carbocycles. The number of fused-ring (bicyclic) bond motifs is 5. The van der Waals surface area contributed by atoms with Gasteiger partial charge in [0.15, 0.2) is 29.1 Å². The maximum atomic E-state index is 6.59. The molecular weight excluding hydrogens is 965 g/mol. The second-order valence-electron chi connectivity index (χ2n) is 20.2. The number of aromatic nitrogens is 8. The van der Waals surface area contributed by atoms with E-state index in [0.717, 1.165) is 147 Å². The van der Waals surface area contributed by atoms with Crippen molar-refractivity contribution in [1.82, 2.24) is 43.5 Å². The molecule has 2 aromatic carbocycles. The van der Waals surface area contributed by atoms with Crippen LogP contribution >= 0.6 is 0 Å². The van der Waals surface area contributed by atoms with Crippen LogP contribution < -0.4 is 49.8 Å². The van der Waals surface area contributed by atoms with E-state index in [1.807, 2.05) is 45.7 Å². The molecule has 4 fully saturated rings. The molecule has 0 spiro atoms. The Kier molecular flexibility index (Phi) is 12.2. The molecule has 1 saturated carbocycles. The number of nitrogens with zero attached hydrogens (tertiary/aromatic N) is 12. The SMILES string of the molecule is COc1cc(Nc2nc(-c3cnc4c(c3)NCCO4)cn3ccnc23)ccc1N1CCN(CCOC2CC2)C([n+]2cc(-c3cn4ccnc4c(Nc4ccc(N5CCN6CCOC[C@@H]6C5)cc4)n3)cc3c2OCCN3)C1. The van der Waals surface area contributed by atoms with Gasteiger partial charge in [0.1, 0.15) is 24.7 Å². The average molecular weight is 1030 g/mol. The number of rotatable bonds is 14. The van der Waals surface area contributed by atoms with Gasteiger partial charge in [0, 0.05) is 131 Å². The summed E-state index contributed by atoms with van der Waals surface area (Å²) < 4.78 is 36.9. The summed E-state index contributed by atoms with van der Waals surface area (Å²) in [6, 6.07) is 19.5. The summed E-state index contributed by atoms with van der Waals surface area (Å²) in [5.41, 5.74) is 10.5. The third-order valence-corrected chi connectivity index (χ3v) is 15.3. The molecule has 76 heavy (non-hydrogen) atoms. The zero-order valence-electron chi connectivity index (χ0n) is 42.5. The molecule has 390 valence electrons. The van der Waals surface area contributed by atoms with Crippen LogP contribution in [-0.4, -0.2) is 161 Å². The number of hydrogen-bond donors (Lipinski definition) is 4. The van der Waals surface area contributed by atoms with E-state index in [9.17, 15) is 0 Å². The number of morpholine rings is 1. The lowest BCUT2D eigenvalue weighted by Crippen LogP contribution is -2.61. The number of piperazine rings is 2. The van der Waals surface area contributed by atoms with Gasteiger partial charge in [-0.15, -0.1) is 4.57 Å². The molecule has 1 unspecified atom stereocenters. The molecule has 0 bridgehead atoms. The van der Waals surface area contributed by atoms with Crippen molar-refractivity contribution in [2.24, 2.45) is 0 Å². The number of anilines is 8. The summed E-state index contributed by atoms with van der Waals surface area (Å²) >= 11 is 0. The number of nitrogens with one attached hydrogen (secondary N) is 4. The Balaban J connectivity index is 0.758. The Morgan fingerprint density at radius 3 is 2.28 bits per heavy atom. The first kappa shape index (κ1) is 46.5. The number of ether oxygens (including phenoxy) is 5. The predicted octanol–water partition coefficient (Wildman–Crippen LogP) is 5.91. The van der Waals surface area contributed by atoms with Gasteiger partial charge >= 0.3 is 5.88 Å². The molecule has 0 radical (unpaired) electrons. The van der Waals surface area contributed by atoms with Gasteiger partial charge in [0.25, 0.3) is 0 Å². The molecule has 0 amide bonds. The van der Waals surface area contributed by atoms with Crippen molar-refractivity contribution in [2.75, 3.05) is 137 Å². The largest absolute Gasteiger partial charge is 0.495 e. The molecular formula is C55H61N16O5+. The van der Waals surface area contributed by atoms with E-state index >= 15 is 0 Å². The maximum absolute atomic E-state index is 6.59. The van der Waals surface area contributed by atoms with Crippen molar-refractivity contribution >= 4 is 57.1 Å². The number of methoxy groups -OCH3 is 1. The number of imidazole rings is 2. The standard InChI is InChI=1S/C55H61N16O5/c1-72-48-28-39(62-51-53-59-10-14-69(53)32-45(63-51)36-26-43-54(60-29-36)75-22-12-56-43)4-9-47(48)68-19-17-66(21-25-74-42-7-8-42)49(34-68)71-30-37(27-44-55(71)76-23-13-57-44)46-33-70-15-11-58-52(70)50(64-46)61-38-2-5-40(6-3-38)67-18-16-65-20-24-73-35-41(65)31-67/h2-6,9-11,14-15,26-30,32-33,41-42,49,56-57H,7-8,12-13,16-25,31,34-35H2,1H3,(H,61,64)(H,62,63)/q+1/t41-,49?/m0/s1. The topological polar surface area (TPSA) is 184 Å². The minimum absolute atomic E-state index is 0.144. The van der Waals surface area contributed by atoms with Gasteiger partial charge < -0.3 is 63.6 Å². The summed E-state index contributed by atoms with van der Waals surface area (Å²) in [6.07, 6.45) is 18.0. The smallest absolute Gasteiger partial charge is 0.393 e. The Morgan fingerprint density at radius 1 is 0.737 bits per heavy atom. The first-order chi connectivity index (χ1) is 37.5. The third kappa shape index (κ3) is 9.22. The summed E-state index contributed by atoms with van der Waals surface area (Å²) in [6.45, 7) is 11.8. The highest BCUT2D eigenvalue weighted by Crippen LogP contribution is 2.38. The summed E-state index contributed by atoms with van der Waals surface area (Å²) in [5.74, 6) is 3.39. The van der Waals surface area contributed by atoms with Gasteiger partial charge in [-0.25, -0.2) is 29.8 Å². The van der Waals surface area contributed by atoms with Crippen LogP contribution in [0.25, 0.3) is 33.8 Å². The van der Waals surface area contributed by atoms with Gasteiger partial charge in [-0.05, 0) is 61.4 Å². The Hall–Kier alpha value is -7.98. The zero-order chi connectivity index (χ0) is 50.5. The van der Waals surface area contributed by atoms with Crippen molar-refractivity contribution < 1.29 is 28.3 Å². The van der Waals surface area contributed by atoms with Gasteiger partial charge in [-0.2, -0.15) is 0 Å². The quantitative estimate of drug-likeness (QED) is 0.0942. The fraction of sp³-hybridized carbons (Fsp3) is 0.382. The van der Waals surface area contributed by atoms with Crippen LogP contribution in [-0.2, 0) is 9.47 Å². The van der Waals surface area contributed by atoms with Crippen LogP contribution in [0.4, 0.5) is 45.8 Å². The van der Waals surface area contributed by atoms with Crippen LogP contribution in [0, 0.1) is 0 Å². The maximum Gasteiger partial charge on any atom is 0.393 e. The van der Waals surface area contributed by atoms with Crippen molar-refractivity contribution in [1.29, 1.82) is 0 Å². The molecule has 2 atom stereocenters. The number of pyridine rings is 2. The van der Waals surface area contributed by atoms with Crippen molar-refractivity contribution in [3.05, 3.63) is 104 Å². The first-order valence-electron chi connectivity index (χ1n) is 26.5. The first-order valence-corrected chi connectivity index (χ1v) is 26.5. The lowest BCUT2D eigenvalue weighted by atomic mass is 10.1. The lowest BCUT2D eigenvalue weighted by molar-refractivity contribution is -0.745. The molecule has 5 aliphatic heterocycles. The van der Waals surface area contributed by atoms with Gasteiger partial charge in [-0.1, -0.05) is 0 Å².